The third kappa shape index (κ3) is 1.86. The fraction of sp³-hybridized carbons (Fsp3) is 0.200. The molecule has 0 radical (unpaired) electrons. The number of methoxy groups -OCH3 is 1. The van der Waals surface area contributed by atoms with Gasteiger partial charge in [0.2, 0.25) is 0 Å². The van der Waals surface area contributed by atoms with E-state index in [4.69, 9.17) is 16.9 Å². The Bertz CT molecular complexity index is 421. The quantitative estimate of drug-likeness (QED) is 0.667. The summed E-state index contributed by atoms with van der Waals surface area (Å²) in [5.41, 5.74) is 1.31. The molecule has 0 atom stereocenters. The Morgan fingerprint density at radius 1 is 1.57 bits per heavy atom. The Morgan fingerprint density at radius 2 is 2.21 bits per heavy atom. The van der Waals surface area contributed by atoms with E-state index in [1.54, 1.807) is 13.0 Å². The second kappa shape index (κ2) is 4.12. The van der Waals surface area contributed by atoms with Crippen LogP contribution in [0.2, 0.25) is 5.02 Å². The van der Waals surface area contributed by atoms with Crippen molar-refractivity contribution in [3.05, 3.63) is 33.8 Å². The van der Waals surface area contributed by atoms with Gasteiger partial charge in [-0.25, -0.2) is 4.79 Å². The number of esters is 1. The van der Waals surface area contributed by atoms with Gasteiger partial charge >= 0.3 is 5.97 Å². The normalized spacial score (nSPS) is 9.29. The van der Waals surface area contributed by atoms with Gasteiger partial charge in [-0.1, -0.05) is 11.6 Å². The van der Waals surface area contributed by atoms with Crippen molar-refractivity contribution >= 4 is 17.6 Å². The van der Waals surface area contributed by atoms with E-state index in [2.05, 4.69) is 4.74 Å². The molecule has 72 valence electrons. The monoisotopic (exact) mass is 209 g/mol. The Balaban J connectivity index is 3.36. The SMILES string of the molecule is COC(=O)c1cc(C#N)cc(C)c1Cl. The van der Waals surface area contributed by atoms with Crippen molar-refractivity contribution in [2.45, 2.75) is 6.92 Å². The van der Waals surface area contributed by atoms with Crippen molar-refractivity contribution in [2.75, 3.05) is 7.11 Å². The summed E-state index contributed by atoms with van der Waals surface area (Å²) in [4.78, 5) is 11.2. The highest BCUT2D eigenvalue weighted by Crippen LogP contribution is 2.23. The summed E-state index contributed by atoms with van der Waals surface area (Å²) in [6, 6.07) is 4.99. The second-order valence-corrected chi connectivity index (χ2v) is 3.14. The lowest BCUT2D eigenvalue weighted by Gasteiger charge is -2.05. The maximum absolute atomic E-state index is 11.2. The molecule has 0 aromatic heterocycles. The summed E-state index contributed by atoms with van der Waals surface area (Å²) in [5.74, 6) is -0.532. The summed E-state index contributed by atoms with van der Waals surface area (Å²) in [6.45, 7) is 1.73. The van der Waals surface area contributed by atoms with Gasteiger partial charge < -0.3 is 4.74 Å². The van der Waals surface area contributed by atoms with Crippen LogP contribution in [0.4, 0.5) is 0 Å². The molecule has 1 rings (SSSR count). The molecule has 14 heavy (non-hydrogen) atoms. The smallest absolute Gasteiger partial charge is 0.339 e. The second-order valence-electron chi connectivity index (χ2n) is 2.76. The maximum atomic E-state index is 11.2. The van der Waals surface area contributed by atoms with Crippen LogP contribution in [0.25, 0.3) is 0 Å². The fourth-order valence-electron chi connectivity index (χ4n) is 1.09. The molecule has 0 aliphatic carbocycles. The van der Waals surface area contributed by atoms with E-state index in [0.29, 0.717) is 16.1 Å². The highest BCUT2D eigenvalue weighted by Gasteiger charge is 2.13. The third-order valence-electron chi connectivity index (χ3n) is 1.79. The van der Waals surface area contributed by atoms with Gasteiger partial charge in [0, 0.05) is 0 Å². The summed E-state index contributed by atoms with van der Waals surface area (Å²) >= 11 is 5.89. The van der Waals surface area contributed by atoms with E-state index in [1.807, 2.05) is 6.07 Å². The predicted molar refractivity (Wildman–Crippen MR) is 52.2 cm³/mol. The van der Waals surface area contributed by atoms with Crippen molar-refractivity contribution in [3.8, 4) is 6.07 Å². The van der Waals surface area contributed by atoms with Crippen molar-refractivity contribution in [1.29, 1.82) is 5.26 Å². The largest absolute Gasteiger partial charge is 0.465 e. The molecule has 0 saturated carbocycles. The summed E-state index contributed by atoms with van der Waals surface area (Å²) < 4.78 is 4.54. The summed E-state index contributed by atoms with van der Waals surface area (Å²) in [6.07, 6.45) is 0. The standard InChI is InChI=1S/C10H8ClNO2/c1-6-3-7(5-12)4-8(9(6)11)10(13)14-2/h3-4H,1-2H3. The van der Waals surface area contributed by atoms with Crippen LogP contribution in [-0.4, -0.2) is 13.1 Å². The molecule has 0 aliphatic rings. The molecule has 1 aromatic rings. The van der Waals surface area contributed by atoms with Crippen molar-refractivity contribution in [1.82, 2.24) is 0 Å². The summed E-state index contributed by atoms with van der Waals surface area (Å²) in [5, 5.41) is 9.02. The van der Waals surface area contributed by atoms with Crippen LogP contribution in [0.15, 0.2) is 12.1 Å². The van der Waals surface area contributed by atoms with E-state index < -0.39 is 5.97 Å². The first-order chi connectivity index (χ1) is 6.60. The van der Waals surface area contributed by atoms with Crippen molar-refractivity contribution in [3.63, 3.8) is 0 Å². The van der Waals surface area contributed by atoms with Gasteiger partial charge in [0.05, 0.1) is 29.3 Å². The molecule has 0 unspecified atom stereocenters. The Labute approximate surface area is 86.9 Å². The minimum absolute atomic E-state index is 0.228. The lowest BCUT2D eigenvalue weighted by Crippen LogP contribution is -2.03. The van der Waals surface area contributed by atoms with Gasteiger partial charge in [-0.15, -0.1) is 0 Å². The van der Waals surface area contributed by atoms with Crippen LogP contribution in [0, 0.1) is 18.3 Å². The molecule has 0 amide bonds. The minimum Gasteiger partial charge on any atom is -0.465 e. The van der Waals surface area contributed by atoms with Crippen LogP contribution in [0.1, 0.15) is 21.5 Å². The Morgan fingerprint density at radius 3 is 2.71 bits per heavy atom. The average Bonchev–Trinajstić information content (AvgIpc) is 2.20. The van der Waals surface area contributed by atoms with Crippen LogP contribution < -0.4 is 0 Å². The third-order valence-corrected chi connectivity index (χ3v) is 2.29. The molecule has 3 nitrogen and oxygen atoms in total. The zero-order valence-electron chi connectivity index (χ0n) is 7.80. The number of carbonyl (C=O) groups excluding carboxylic acids is 1. The van der Waals surface area contributed by atoms with Crippen molar-refractivity contribution in [2.24, 2.45) is 0 Å². The van der Waals surface area contributed by atoms with Crippen molar-refractivity contribution < 1.29 is 9.53 Å². The van der Waals surface area contributed by atoms with Gasteiger partial charge in [-0.05, 0) is 24.6 Å². The van der Waals surface area contributed by atoms with E-state index in [-0.39, 0.29) is 5.56 Å². The summed E-state index contributed by atoms with van der Waals surface area (Å²) in [7, 11) is 1.27. The van der Waals surface area contributed by atoms with E-state index in [0.717, 1.165) is 0 Å². The number of hydrogen-bond acceptors (Lipinski definition) is 3. The van der Waals surface area contributed by atoms with Gasteiger partial charge in [-0.3, -0.25) is 0 Å². The van der Waals surface area contributed by atoms with Crippen LogP contribution in [0.3, 0.4) is 0 Å². The maximum Gasteiger partial charge on any atom is 0.339 e. The van der Waals surface area contributed by atoms with E-state index >= 15 is 0 Å². The lowest BCUT2D eigenvalue weighted by atomic mass is 10.1. The number of aryl methyl sites for hydroxylation is 1. The number of benzene rings is 1. The van der Waals surface area contributed by atoms with Gasteiger partial charge in [0.15, 0.2) is 0 Å². The minimum atomic E-state index is -0.532. The molecule has 0 heterocycles. The van der Waals surface area contributed by atoms with Gasteiger partial charge in [0.25, 0.3) is 0 Å². The van der Waals surface area contributed by atoms with Gasteiger partial charge in [0.1, 0.15) is 0 Å². The number of nitrogens with zero attached hydrogens (tertiary/aromatic N) is 1. The molecule has 1 aromatic carbocycles. The molecular weight excluding hydrogens is 202 g/mol. The van der Waals surface area contributed by atoms with E-state index in [1.165, 1.54) is 13.2 Å². The average molecular weight is 210 g/mol. The number of rotatable bonds is 1. The number of ether oxygens (including phenoxy) is 1. The first-order valence-electron chi connectivity index (χ1n) is 3.88. The Hall–Kier alpha value is -1.53. The molecule has 0 bridgehead atoms. The Kier molecular flexibility index (Phi) is 3.10. The number of nitriles is 1. The highest BCUT2D eigenvalue weighted by molar-refractivity contribution is 6.34. The zero-order chi connectivity index (χ0) is 10.7. The molecule has 0 N–H and O–H groups in total. The first-order valence-corrected chi connectivity index (χ1v) is 4.26. The van der Waals surface area contributed by atoms with Crippen LogP contribution in [0.5, 0.6) is 0 Å². The van der Waals surface area contributed by atoms with Crippen LogP contribution >= 0.6 is 11.6 Å². The number of carbonyl (C=O) groups is 1. The zero-order valence-corrected chi connectivity index (χ0v) is 8.55. The molecule has 0 spiro atoms. The molecule has 0 saturated heterocycles. The van der Waals surface area contributed by atoms with Crippen LogP contribution in [-0.2, 0) is 4.74 Å². The molecule has 4 heteroatoms. The lowest BCUT2D eigenvalue weighted by molar-refractivity contribution is 0.0601. The molecular formula is C10H8ClNO2. The topological polar surface area (TPSA) is 50.1 Å². The first kappa shape index (κ1) is 10.6. The van der Waals surface area contributed by atoms with Gasteiger partial charge in [-0.2, -0.15) is 5.26 Å². The fourth-order valence-corrected chi connectivity index (χ4v) is 1.28. The molecule has 0 aliphatic heterocycles. The van der Waals surface area contributed by atoms with E-state index in [9.17, 15) is 4.79 Å². The molecule has 0 fully saturated rings. The predicted octanol–water partition coefficient (Wildman–Crippen LogP) is 2.31. The highest BCUT2D eigenvalue weighted by atomic mass is 35.5. The number of halogens is 1. The number of hydrogen-bond donors (Lipinski definition) is 0.